The Morgan fingerprint density at radius 2 is 2.15 bits per heavy atom. The lowest BCUT2D eigenvalue weighted by atomic mass is 10.3. The zero-order valence-corrected chi connectivity index (χ0v) is 10.9. The summed E-state index contributed by atoms with van der Waals surface area (Å²) in [6.07, 6.45) is 1.66. The number of rotatable bonds is 2. The minimum Gasteiger partial charge on any atom is -0.464 e. The number of nitrogens with one attached hydrogen (secondary N) is 1. The van der Waals surface area contributed by atoms with Gasteiger partial charge in [-0.05, 0) is 24.3 Å². The summed E-state index contributed by atoms with van der Waals surface area (Å²) in [4.78, 5) is 19.2. The Balaban J connectivity index is 2.06. The fourth-order valence-corrected chi connectivity index (χ4v) is 2.10. The van der Waals surface area contributed by atoms with Crippen LogP contribution in [0.4, 0.5) is 16.3 Å². The molecule has 0 spiro atoms. The van der Waals surface area contributed by atoms with E-state index >= 15 is 0 Å². The highest BCUT2D eigenvalue weighted by atomic mass is 35.5. The van der Waals surface area contributed by atoms with Crippen molar-refractivity contribution in [1.82, 2.24) is 14.5 Å². The van der Waals surface area contributed by atoms with E-state index in [1.807, 2.05) is 12.1 Å². The second-order valence-electron chi connectivity index (χ2n) is 4.06. The number of carbonyl (C=O) groups is 1. The molecule has 2 aromatic heterocycles. The molecule has 0 saturated heterocycles. The van der Waals surface area contributed by atoms with Crippen LogP contribution in [0.25, 0.3) is 11.0 Å². The molecule has 0 amide bonds. The molecule has 1 aromatic carbocycles. The molecule has 20 heavy (non-hydrogen) atoms. The zero-order chi connectivity index (χ0) is 14.1. The van der Waals surface area contributed by atoms with Gasteiger partial charge in [0, 0.05) is 16.9 Å². The van der Waals surface area contributed by atoms with Crippen molar-refractivity contribution in [2.45, 2.75) is 0 Å². The van der Waals surface area contributed by atoms with Crippen LogP contribution in [0.5, 0.6) is 0 Å². The van der Waals surface area contributed by atoms with Gasteiger partial charge < -0.3 is 10.4 Å². The van der Waals surface area contributed by atoms with E-state index in [0.717, 1.165) is 10.3 Å². The minimum atomic E-state index is -1.09. The topological polar surface area (TPSA) is 80.0 Å². The number of fused-ring (bicyclic) bond motifs is 1. The van der Waals surface area contributed by atoms with E-state index in [9.17, 15) is 4.79 Å². The van der Waals surface area contributed by atoms with Gasteiger partial charge in [-0.25, -0.2) is 19.3 Å². The van der Waals surface area contributed by atoms with Crippen LogP contribution in [0.1, 0.15) is 0 Å². The van der Waals surface area contributed by atoms with E-state index in [4.69, 9.17) is 16.7 Å². The number of hydrogen-bond acceptors (Lipinski definition) is 4. The Morgan fingerprint density at radius 1 is 1.30 bits per heavy atom. The standard InChI is InChI=1S/C13H9ClN4O2/c14-8-2-1-3-9(6-8)17-11-10-4-5-18(13(19)20)12(10)16-7-15-11/h1-7H,(H,19,20)(H,15,16,17). The monoisotopic (exact) mass is 288 g/mol. The molecule has 0 atom stereocenters. The average Bonchev–Trinajstić information content (AvgIpc) is 2.84. The van der Waals surface area contributed by atoms with Crippen molar-refractivity contribution in [3.63, 3.8) is 0 Å². The van der Waals surface area contributed by atoms with Gasteiger partial charge in [-0.2, -0.15) is 0 Å². The first kappa shape index (κ1) is 12.4. The molecule has 0 fully saturated rings. The molecule has 0 aliphatic rings. The van der Waals surface area contributed by atoms with Crippen LogP contribution >= 0.6 is 11.6 Å². The van der Waals surface area contributed by atoms with Crippen molar-refractivity contribution in [3.8, 4) is 0 Å². The van der Waals surface area contributed by atoms with Crippen LogP contribution in [-0.2, 0) is 0 Å². The van der Waals surface area contributed by atoms with E-state index in [1.54, 1.807) is 18.2 Å². The van der Waals surface area contributed by atoms with E-state index in [-0.39, 0.29) is 0 Å². The molecule has 6 nitrogen and oxygen atoms in total. The zero-order valence-electron chi connectivity index (χ0n) is 10.1. The molecule has 0 aliphatic carbocycles. The van der Waals surface area contributed by atoms with Crippen LogP contribution in [0.15, 0.2) is 42.9 Å². The van der Waals surface area contributed by atoms with Crippen LogP contribution in [-0.4, -0.2) is 25.7 Å². The van der Waals surface area contributed by atoms with Gasteiger partial charge in [-0.3, -0.25) is 0 Å². The second-order valence-corrected chi connectivity index (χ2v) is 4.50. The Bertz CT molecular complexity index is 800. The van der Waals surface area contributed by atoms with Gasteiger partial charge in [0.2, 0.25) is 0 Å². The molecular weight excluding hydrogens is 280 g/mol. The maximum atomic E-state index is 11.1. The van der Waals surface area contributed by atoms with Crippen molar-refractivity contribution in [1.29, 1.82) is 0 Å². The van der Waals surface area contributed by atoms with Crippen LogP contribution < -0.4 is 5.32 Å². The first-order valence-corrected chi connectivity index (χ1v) is 6.11. The molecule has 3 rings (SSSR count). The summed E-state index contributed by atoms with van der Waals surface area (Å²) in [7, 11) is 0. The van der Waals surface area contributed by atoms with E-state index < -0.39 is 6.09 Å². The number of halogens is 1. The number of benzene rings is 1. The molecule has 2 N–H and O–H groups in total. The molecular formula is C13H9ClN4O2. The highest BCUT2D eigenvalue weighted by Crippen LogP contribution is 2.25. The fraction of sp³-hybridized carbons (Fsp3) is 0. The predicted octanol–water partition coefficient (Wildman–Crippen LogP) is 3.35. The lowest BCUT2D eigenvalue weighted by molar-refractivity contribution is 0.197. The van der Waals surface area contributed by atoms with Crippen molar-refractivity contribution < 1.29 is 9.90 Å². The quantitative estimate of drug-likeness (QED) is 0.756. The van der Waals surface area contributed by atoms with Crippen molar-refractivity contribution in [2.24, 2.45) is 0 Å². The van der Waals surface area contributed by atoms with Crippen molar-refractivity contribution >= 4 is 40.2 Å². The number of carboxylic acid groups (broad SMARTS) is 1. The smallest absolute Gasteiger partial charge is 0.417 e. The fourth-order valence-electron chi connectivity index (χ4n) is 1.91. The third-order valence-electron chi connectivity index (χ3n) is 2.77. The van der Waals surface area contributed by atoms with Crippen molar-refractivity contribution in [2.75, 3.05) is 5.32 Å². The number of nitrogens with zero attached hydrogens (tertiary/aromatic N) is 3. The third-order valence-corrected chi connectivity index (χ3v) is 3.01. The molecule has 0 aliphatic heterocycles. The SMILES string of the molecule is O=C(O)n1ccc2c(Nc3cccc(Cl)c3)ncnc21. The summed E-state index contributed by atoms with van der Waals surface area (Å²) in [5, 5.41) is 13.4. The summed E-state index contributed by atoms with van der Waals surface area (Å²) in [6.45, 7) is 0. The number of aromatic nitrogens is 3. The van der Waals surface area contributed by atoms with Gasteiger partial charge in [-0.15, -0.1) is 0 Å². The maximum absolute atomic E-state index is 11.1. The lowest BCUT2D eigenvalue weighted by Gasteiger charge is -2.06. The summed E-state index contributed by atoms with van der Waals surface area (Å²) in [5.41, 5.74) is 1.10. The third kappa shape index (κ3) is 2.17. The minimum absolute atomic E-state index is 0.331. The van der Waals surface area contributed by atoms with Gasteiger partial charge in [0.15, 0.2) is 5.65 Å². The Kier molecular flexibility index (Phi) is 3.00. The average molecular weight is 289 g/mol. The van der Waals surface area contributed by atoms with Gasteiger partial charge in [0.1, 0.15) is 12.1 Å². The predicted molar refractivity (Wildman–Crippen MR) is 75.7 cm³/mol. The number of anilines is 2. The summed E-state index contributed by atoms with van der Waals surface area (Å²) < 4.78 is 1.04. The van der Waals surface area contributed by atoms with Gasteiger partial charge >= 0.3 is 6.09 Å². The lowest BCUT2D eigenvalue weighted by Crippen LogP contribution is -2.07. The molecule has 100 valence electrons. The molecule has 7 heteroatoms. The van der Waals surface area contributed by atoms with Crippen LogP contribution in [0.2, 0.25) is 5.02 Å². The maximum Gasteiger partial charge on any atom is 0.417 e. The normalized spacial score (nSPS) is 10.7. The number of hydrogen-bond donors (Lipinski definition) is 2. The molecule has 0 radical (unpaired) electrons. The summed E-state index contributed by atoms with van der Waals surface area (Å²) >= 11 is 5.92. The van der Waals surface area contributed by atoms with Crippen LogP contribution in [0, 0.1) is 0 Å². The highest BCUT2D eigenvalue weighted by Gasteiger charge is 2.12. The first-order valence-electron chi connectivity index (χ1n) is 5.73. The Morgan fingerprint density at radius 3 is 2.90 bits per heavy atom. The Labute approximate surface area is 118 Å². The van der Waals surface area contributed by atoms with E-state index in [1.165, 1.54) is 12.5 Å². The summed E-state index contributed by atoms with van der Waals surface area (Å²) in [6, 6.07) is 8.82. The Hall–Kier alpha value is -2.60. The van der Waals surface area contributed by atoms with Gasteiger partial charge in [0.05, 0.1) is 5.39 Å². The van der Waals surface area contributed by atoms with E-state index in [0.29, 0.717) is 21.9 Å². The summed E-state index contributed by atoms with van der Waals surface area (Å²) in [5.74, 6) is 0.525. The molecule has 0 bridgehead atoms. The molecule has 3 aromatic rings. The van der Waals surface area contributed by atoms with Crippen molar-refractivity contribution in [3.05, 3.63) is 47.9 Å². The van der Waals surface area contributed by atoms with Gasteiger partial charge in [0.25, 0.3) is 0 Å². The second kappa shape index (κ2) is 4.82. The van der Waals surface area contributed by atoms with E-state index in [2.05, 4.69) is 15.3 Å². The largest absolute Gasteiger partial charge is 0.464 e. The van der Waals surface area contributed by atoms with Gasteiger partial charge in [-0.1, -0.05) is 17.7 Å². The molecule has 0 unspecified atom stereocenters. The molecule has 0 saturated carbocycles. The van der Waals surface area contributed by atoms with Crippen LogP contribution in [0.3, 0.4) is 0 Å². The first-order chi connectivity index (χ1) is 9.65. The highest BCUT2D eigenvalue weighted by molar-refractivity contribution is 6.30. The molecule has 2 heterocycles.